The number of thiophene rings is 1. The number of hydrogen-bond donors (Lipinski definition) is 1. The molecule has 1 N–H and O–H groups in total. The van der Waals surface area contributed by atoms with Crippen molar-refractivity contribution in [2.45, 2.75) is 39.7 Å². The van der Waals surface area contributed by atoms with Gasteiger partial charge in [0.2, 0.25) is 5.91 Å². The van der Waals surface area contributed by atoms with Crippen LogP contribution in [0, 0.1) is 6.92 Å². The van der Waals surface area contributed by atoms with Gasteiger partial charge < -0.3 is 5.32 Å². The molecule has 2 heterocycles. The van der Waals surface area contributed by atoms with E-state index in [0.717, 1.165) is 32.6 Å². The second-order valence-electron chi connectivity index (χ2n) is 7.64. The van der Waals surface area contributed by atoms with E-state index in [1.54, 1.807) is 0 Å². The molecule has 0 spiro atoms. The number of nitrogens with zero attached hydrogens (tertiary/aromatic N) is 2. The first-order valence-electron chi connectivity index (χ1n) is 10.6. The summed E-state index contributed by atoms with van der Waals surface area (Å²) in [6, 6.07) is 15.0. The molecule has 2 aromatic carbocycles. The number of aryl methyl sites for hydroxylation is 2. The predicted molar refractivity (Wildman–Crippen MR) is 136 cm³/mol. The second kappa shape index (κ2) is 9.38. The third kappa shape index (κ3) is 4.27. The molecule has 0 bridgehead atoms. The Balaban J connectivity index is 1.74. The molecule has 4 rings (SSSR count). The zero-order valence-electron chi connectivity index (χ0n) is 18.2. The Kier molecular flexibility index (Phi) is 6.58. The summed E-state index contributed by atoms with van der Waals surface area (Å²) in [6.45, 7) is 5.98. The number of halogens is 1. The fourth-order valence-corrected chi connectivity index (χ4v) is 5.13. The molecule has 0 saturated carbocycles. The fourth-order valence-electron chi connectivity index (χ4n) is 3.86. The summed E-state index contributed by atoms with van der Waals surface area (Å²) in [4.78, 5) is 32.9. The van der Waals surface area contributed by atoms with Crippen molar-refractivity contribution in [3.8, 4) is 11.1 Å². The molecule has 5 nitrogen and oxygen atoms in total. The van der Waals surface area contributed by atoms with Crippen LogP contribution in [0.3, 0.4) is 0 Å². The molecule has 1 unspecified atom stereocenters. The largest absolute Gasteiger partial charge is 0.324 e. The molecule has 2 aromatic heterocycles. The van der Waals surface area contributed by atoms with E-state index in [0.29, 0.717) is 16.6 Å². The summed E-state index contributed by atoms with van der Waals surface area (Å²) >= 11 is 4.96. The lowest BCUT2D eigenvalue weighted by Gasteiger charge is -2.18. The van der Waals surface area contributed by atoms with Gasteiger partial charge >= 0.3 is 0 Å². The predicted octanol–water partition coefficient (Wildman–Crippen LogP) is 6.35. The maximum Gasteiger partial charge on any atom is 0.263 e. The van der Waals surface area contributed by atoms with E-state index in [4.69, 9.17) is 0 Å². The minimum absolute atomic E-state index is 0.194. The highest BCUT2D eigenvalue weighted by molar-refractivity contribution is 9.10. The molecule has 164 valence electrons. The molecular formula is C25H24BrN3O2S. The lowest BCUT2D eigenvalue weighted by Crippen LogP contribution is -2.33. The Morgan fingerprint density at radius 3 is 2.44 bits per heavy atom. The fraction of sp³-hybridized carbons (Fsp3) is 0.240. The molecule has 1 amide bonds. The summed E-state index contributed by atoms with van der Waals surface area (Å²) in [7, 11) is 0. The highest BCUT2D eigenvalue weighted by Crippen LogP contribution is 2.36. The zero-order valence-corrected chi connectivity index (χ0v) is 20.6. The molecule has 0 radical (unpaired) electrons. The van der Waals surface area contributed by atoms with Gasteiger partial charge in [-0.05, 0) is 55.2 Å². The molecular weight excluding hydrogens is 486 g/mol. The maximum absolute atomic E-state index is 13.6. The van der Waals surface area contributed by atoms with Crippen LogP contribution in [0.4, 0.5) is 5.69 Å². The van der Waals surface area contributed by atoms with E-state index in [-0.39, 0.29) is 11.5 Å². The van der Waals surface area contributed by atoms with Gasteiger partial charge in [-0.2, -0.15) is 0 Å². The first-order valence-corrected chi connectivity index (χ1v) is 12.2. The lowest BCUT2D eigenvalue weighted by molar-refractivity contribution is -0.119. The van der Waals surface area contributed by atoms with Gasteiger partial charge in [0.25, 0.3) is 5.56 Å². The average molecular weight is 510 g/mol. The van der Waals surface area contributed by atoms with Crippen LogP contribution in [0.5, 0.6) is 0 Å². The monoisotopic (exact) mass is 509 g/mol. The van der Waals surface area contributed by atoms with Gasteiger partial charge in [-0.1, -0.05) is 54.0 Å². The van der Waals surface area contributed by atoms with Crippen LogP contribution in [-0.2, 0) is 11.2 Å². The van der Waals surface area contributed by atoms with Crippen molar-refractivity contribution in [1.29, 1.82) is 0 Å². The Morgan fingerprint density at radius 2 is 1.81 bits per heavy atom. The van der Waals surface area contributed by atoms with Crippen LogP contribution >= 0.6 is 27.3 Å². The van der Waals surface area contributed by atoms with Crippen LogP contribution < -0.4 is 10.9 Å². The molecule has 0 aliphatic rings. The number of aromatic nitrogens is 2. The van der Waals surface area contributed by atoms with Crippen molar-refractivity contribution in [2.75, 3.05) is 5.32 Å². The van der Waals surface area contributed by atoms with Crippen LogP contribution in [0.2, 0.25) is 0 Å². The smallest absolute Gasteiger partial charge is 0.263 e. The van der Waals surface area contributed by atoms with E-state index in [2.05, 4.69) is 33.2 Å². The molecule has 32 heavy (non-hydrogen) atoms. The molecule has 4 aromatic rings. The van der Waals surface area contributed by atoms with Crippen LogP contribution in [0.1, 0.15) is 36.8 Å². The number of fused-ring (bicyclic) bond motifs is 1. The lowest BCUT2D eigenvalue weighted by atomic mass is 10.0. The molecule has 7 heteroatoms. The van der Waals surface area contributed by atoms with Gasteiger partial charge in [-0.25, -0.2) is 4.98 Å². The van der Waals surface area contributed by atoms with Gasteiger partial charge in [-0.15, -0.1) is 11.3 Å². The summed E-state index contributed by atoms with van der Waals surface area (Å²) < 4.78 is 2.44. The summed E-state index contributed by atoms with van der Waals surface area (Å²) in [5.74, 6) is -0.225. The molecule has 0 aliphatic carbocycles. The zero-order chi connectivity index (χ0) is 22.8. The first kappa shape index (κ1) is 22.4. The average Bonchev–Trinajstić information content (AvgIpc) is 3.13. The maximum atomic E-state index is 13.6. The van der Waals surface area contributed by atoms with Gasteiger partial charge in [0, 0.05) is 20.6 Å². The standard InChI is InChI=1S/C25H24BrN3O2S/c1-4-16-6-12-19(13-7-16)28-23(30)20(5-2)29-14-27-24-22(25(29)31)21(15(3)32-24)17-8-10-18(26)11-9-17/h6-14,20H,4-5H2,1-3H3,(H,28,30). The van der Waals surface area contributed by atoms with Crippen LogP contribution in [-0.4, -0.2) is 15.5 Å². The Labute approximate surface area is 199 Å². The number of benzene rings is 2. The number of nitrogens with one attached hydrogen (secondary N) is 1. The van der Waals surface area contributed by atoms with Crippen molar-refractivity contribution in [2.24, 2.45) is 0 Å². The Hall–Kier alpha value is -2.77. The quantitative estimate of drug-likeness (QED) is 0.329. The number of carbonyl (C=O) groups is 1. The Morgan fingerprint density at radius 1 is 1.12 bits per heavy atom. The molecule has 1 atom stereocenters. The SMILES string of the molecule is CCc1ccc(NC(=O)C(CC)n2cnc3sc(C)c(-c4ccc(Br)cc4)c3c2=O)cc1. The van der Waals surface area contributed by atoms with Crippen molar-refractivity contribution in [1.82, 2.24) is 9.55 Å². The van der Waals surface area contributed by atoms with Crippen molar-refractivity contribution in [3.05, 3.63) is 80.1 Å². The van der Waals surface area contributed by atoms with E-state index in [9.17, 15) is 9.59 Å². The molecule has 0 saturated heterocycles. The summed E-state index contributed by atoms with van der Waals surface area (Å²) in [6.07, 6.45) is 2.91. The number of amides is 1. The number of rotatable bonds is 6. The minimum Gasteiger partial charge on any atom is -0.324 e. The van der Waals surface area contributed by atoms with E-state index >= 15 is 0 Å². The Bertz CT molecular complexity index is 1320. The van der Waals surface area contributed by atoms with Crippen molar-refractivity contribution in [3.63, 3.8) is 0 Å². The number of carbonyl (C=O) groups excluding carboxylic acids is 1. The van der Waals surface area contributed by atoms with Crippen LogP contribution in [0.25, 0.3) is 21.3 Å². The highest BCUT2D eigenvalue weighted by atomic mass is 79.9. The van der Waals surface area contributed by atoms with Gasteiger partial charge in [-0.3, -0.25) is 14.2 Å². The number of hydrogen-bond acceptors (Lipinski definition) is 4. The number of anilines is 1. The van der Waals surface area contributed by atoms with Gasteiger partial charge in [0.1, 0.15) is 10.9 Å². The summed E-state index contributed by atoms with van der Waals surface area (Å²) in [5, 5.41) is 3.51. The first-order chi connectivity index (χ1) is 15.4. The molecule has 0 fully saturated rings. The third-order valence-electron chi connectivity index (χ3n) is 5.60. The van der Waals surface area contributed by atoms with Crippen molar-refractivity contribution >= 4 is 49.1 Å². The van der Waals surface area contributed by atoms with E-state index in [1.165, 1.54) is 27.8 Å². The van der Waals surface area contributed by atoms with Crippen molar-refractivity contribution < 1.29 is 4.79 Å². The normalized spacial score (nSPS) is 12.1. The van der Waals surface area contributed by atoms with Gasteiger partial charge in [0.15, 0.2) is 0 Å². The highest BCUT2D eigenvalue weighted by Gasteiger charge is 2.24. The van der Waals surface area contributed by atoms with Gasteiger partial charge in [0.05, 0.1) is 11.7 Å². The topological polar surface area (TPSA) is 64.0 Å². The molecule has 0 aliphatic heterocycles. The van der Waals surface area contributed by atoms with E-state index in [1.807, 2.05) is 62.4 Å². The van der Waals surface area contributed by atoms with E-state index < -0.39 is 6.04 Å². The minimum atomic E-state index is -0.650. The third-order valence-corrected chi connectivity index (χ3v) is 7.14. The summed E-state index contributed by atoms with van der Waals surface area (Å²) in [5.41, 5.74) is 3.57. The van der Waals surface area contributed by atoms with Crippen LogP contribution in [0.15, 0.2) is 64.1 Å². The second-order valence-corrected chi connectivity index (χ2v) is 9.76.